The molecule has 2 heterocycles. The number of rotatable bonds is 4. The maximum atomic E-state index is 12.3. The van der Waals surface area contributed by atoms with E-state index in [0.717, 1.165) is 27.0 Å². The van der Waals surface area contributed by atoms with Crippen LogP contribution in [0.5, 0.6) is 0 Å². The Labute approximate surface area is 139 Å². The van der Waals surface area contributed by atoms with Gasteiger partial charge in [0.1, 0.15) is 0 Å². The Balaban J connectivity index is 1.75. The highest BCUT2D eigenvalue weighted by Crippen LogP contribution is 2.19. The number of carbonyl (C=O) groups is 1. The van der Waals surface area contributed by atoms with Gasteiger partial charge in [-0.1, -0.05) is 11.6 Å². The Morgan fingerprint density at radius 3 is 2.74 bits per heavy atom. The smallest absolute Gasteiger partial charge is 0.340 e. The van der Waals surface area contributed by atoms with Gasteiger partial charge in [-0.15, -0.1) is 11.3 Å². The number of hydrogen-bond acceptors (Lipinski definition) is 5. The van der Waals surface area contributed by atoms with Crippen LogP contribution in [0.15, 0.2) is 29.8 Å². The third kappa shape index (κ3) is 3.40. The van der Waals surface area contributed by atoms with Crippen LogP contribution < -0.4 is 0 Å². The summed E-state index contributed by atoms with van der Waals surface area (Å²) in [6, 6.07) is 7.88. The van der Waals surface area contributed by atoms with Gasteiger partial charge < -0.3 is 4.74 Å². The second kappa shape index (κ2) is 6.46. The third-order valence-electron chi connectivity index (χ3n) is 3.79. The summed E-state index contributed by atoms with van der Waals surface area (Å²) < 4.78 is 5.42. The Morgan fingerprint density at radius 2 is 2.00 bits per heavy atom. The van der Waals surface area contributed by atoms with Crippen LogP contribution in [0.4, 0.5) is 0 Å². The Hall–Kier alpha value is -2.27. The number of aromatic nitrogens is 2. The molecular weight excluding hydrogens is 308 g/mol. The second-order valence-corrected chi connectivity index (χ2v) is 6.50. The summed E-state index contributed by atoms with van der Waals surface area (Å²) in [5.41, 5.74) is 6.08. The first-order valence-electron chi connectivity index (χ1n) is 7.48. The fourth-order valence-corrected chi connectivity index (χ4v) is 3.24. The largest absolute Gasteiger partial charge is 0.462 e. The zero-order valence-electron chi connectivity index (χ0n) is 13.4. The van der Waals surface area contributed by atoms with E-state index in [1.54, 1.807) is 11.3 Å². The summed E-state index contributed by atoms with van der Waals surface area (Å²) in [7, 11) is 0. The van der Waals surface area contributed by atoms with Crippen LogP contribution in [-0.2, 0) is 11.2 Å². The number of thiazole rings is 1. The van der Waals surface area contributed by atoms with Crippen molar-refractivity contribution in [1.82, 2.24) is 9.97 Å². The molecule has 0 radical (unpaired) electrons. The number of benzene rings is 1. The van der Waals surface area contributed by atoms with Gasteiger partial charge in [-0.05, 0) is 39.0 Å². The number of hydrogen-bond donors (Lipinski definition) is 0. The van der Waals surface area contributed by atoms with E-state index < -0.39 is 0 Å². The molecule has 5 heteroatoms. The van der Waals surface area contributed by atoms with Crippen LogP contribution in [0.2, 0.25) is 0 Å². The van der Waals surface area contributed by atoms with Crippen molar-refractivity contribution in [2.75, 3.05) is 6.61 Å². The van der Waals surface area contributed by atoms with Crippen molar-refractivity contribution in [2.24, 2.45) is 0 Å². The summed E-state index contributed by atoms with van der Waals surface area (Å²) in [4.78, 5) is 22.2. The summed E-state index contributed by atoms with van der Waals surface area (Å²) in [6.07, 6.45) is 0.696. The highest BCUT2D eigenvalue weighted by Gasteiger charge is 2.13. The maximum Gasteiger partial charge on any atom is 0.340 e. The van der Waals surface area contributed by atoms with Gasteiger partial charge in [0.25, 0.3) is 0 Å². The normalized spacial score (nSPS) is 10.9. The van der Waals surface area contributed by atoms with E-state index in [4.69, 9.17) is 4.74 Å². The number of esters is 1. The topological polar surface area (TPSA) is 52.1 Å². The quantitative estimate of drug-likeness (QED) is 0.680. The van der Waals surface area contributed by atoms with Crippen LogP contribution in [0.25, 0.3) is 10.9 Å². The van der Waals surface area contributed by atoms with Gasteiger partial charge in [0, 0.05) is 16.7 Å². The van der Waals surface area contributed by atoms with Crippen molar-refractivity contribution in [3.8, 4) is 0 Å². The highest BCUT2D eigenvalue weighted by molar-refractivity contribution is 7.09. The Morgan fingerprint density at radius 1 is 1.17 bits per heavy atom. The average molecular weight is 326 g/mol. The van der Waals surface area contributed by atoms with E-state index in [1.165, 1.54) is 0 Å². The monoisotopic (exact) mass is 326 g/mol. The van der Waals surface area contributed by atoms with Gasteiger partial charge in [0.05, 0.1) is 34.6 Å². The third-order valence-corrected chi connectivity index (χ3v) is 4.78. The van der Waals surface area contributed by atoms with Gasteiger partial charge >= 0.3 is 5.97 Å². The summed E-state index contributed by atoms with van der Waals surface area (Å²) in [6.45, 7) is 6.18. The molecule has 118 valence electrons. The minimum Gasteiger partial charge on any atom is -0.462 e. The minimum atomic E-state index is -0.319. The predicted octanol–water partition coefficient (Wildman–Crippen LogP) is 4.02. The highest BCUT2D eigenvalue weighted by atomic mass is 32.1. The van der Waals surface area contributed by atoms with Crippen molar-refractivity contribution < 1.29 is 9.53 Å². The first kappa shape index (κ1) is 15.6. The molecule has 0 bridgehead atoms. The molecule has 0 amide bonds. The molecule has 0 unspecified atom stereocenters. The van der Waals surface area contributed by atoms with Crippen molar-refractivity contribution in [3.63, 3.8) is 0 Å². The molecular formula is C18H18N2O2S. The number of aryl methyl sites for hydroxylation is 3. The lowest BCUT2D eigenvalue weighted by Crippen LogP contribution is -2.10. The molecule has 0 N–H and O–H groups in total. The van der Waals surface area contributed by atoms with Gasteiger partial charge in [-0.3, -0.25) is 4.98 Å². The van der Waals surface area contributed by atoms with E-state index in [-0.39, 0.29) is 5.97 Å². The molecule has 4 nitrogen and oxygen atoms in total. The van der Waals surface area contributed by atoms with E-state index in [9.17, 15) is 4.79 Å². The molecule has 0 saturated heterocycles. The lowest BCUT2D eigenvalue weighted by Gasteiger charge is -2.08. The standard InChI is InChI=1S/C18H18N2O2S/c1-11-4-5-16-14(8-11)9-15(12(2)20-16)18(21)22-7-6-17-13(3)19-10-23-17/h4-5,8-10H,6-7H2,1-3H3. The molecule has 0 atom stereocenters. The molecule has 3 rings (SSSR count). The fraction of sp³-hybridized carbons (Fsp3) is 0.278. The average Bonchev–Trinajstić information content (AvgIpc) is 2.92. The molecule has 1 aromatic carbocycles. The van der Waals surface area contributed by atoms with Gasteiger partial charge in [0.15, 0.2) is 0 Å². The lowest BCUT2D eigenvalue weighted by atomic mass is 10.1. The van der Waals surface area contributed by atoms with E-state index in [1.807, 2.05) is 50.5 Å². The van der Waals surface area contributed by atoms with E-state index >= 15 is 0 Å². The van der Waals surface area contributed by atoms with E-state index in [0.29, 0.717) is 24.3 Å². The van der Waals surface area contributed by atoms with Crippen LogP contribution in [-0.4, -0.2) is 22.5 Å². The first-order valence-corrected chi connectivity index (χ1v) is 8.36. The molecule has 23 heavy (non-hydrogen) atoms. The predicted molar refractivity (Wildman–Crippen MR) is 92.1 cm³/mol. The molecule has 0 spiro atoms. The fourth-order valence-electron chi connectivity index (χ4n) is 2.48. The van der Waals surface area contributed by atoms with Crippen LogP contribution in [0.3, 0.4) is 0 Å². The number of fused-ring (bicyclic) bond motifs is 1. The van der Waals surface area contributed by atoms with Crippen LogP contribution in [0, 0.1) is 20.8 Å². The zero-order chi connectivity index (χ0) is 16.4. The van der Waals surface area contributed by atoms with Crippen molar-refractivity contribution >= 4 is 28.2 Å². The SMILES string of the molecule is Cc1ccc2nc(C)c(C(=O)OCCc3scnc3C)cc2c1. The maximum absolute atomic E-state index is 12.3. The lowest BCUT2D eigenvalue weighted by molar-refractivity contribution is 0.0508. The van der Waals surface area contributed by atoms with Gasteiger partial charge in [0.2, 0.25) is 0 Å². The van der Waals surface area contributed by atoms with Crippen molar-refractivity contribution in [1.29, 1.82) is 0 Å². The molecule has 0 aliphatic carbocycles. The van der Waals surface area contributed by atoms with Gasteiger partial charge in [-0.25, -0.2) is 9.78 Å². The number of nitrogens with zero attached hydrogens (tertiary/aromatic N) is 2. The van der Waals surface area contributed by atoms with Crippen molar-refractivity contribution in [2.45, 2.75) is 27.2 Å². The summed E-state index contributed by atoms with van der Waals surface area (Å²) >= 11 is 1.59. The van der Waals surface area contributed by atoms with E-state index in [2.05, 4.69) is 9.97 Å². The molecule has 0 aliphatic heterocycles. The molecule has 0 fully saturated rings. The molecule has 2 aromatic heterocycles. The first-order chi connectivity index (χ1) is 11.0. The second-order valence-electron chi connectivity index (χ2n) is 5.56. The summed E-state index contributed by atoms with van der Waals surface area (Å²) in [5, 5.41) is 0.959. The minimum absolute atomic E-state index is 0.319. The zero-order valence-corrected chi connectivity index (χ0v) is 14.2. The Kier molecular flexibility index (Phi) is 4.39. The molecule has 3 aromatic rings. The van der Waals surface area contributed by atoms with Crippen LogP contribution >= 0.6 is 11.3 Å². The molecule has 0 aliphatic rings. The van der Waals surface area contributed by atoms with Crippen LogP contribution in [0.1, 0.15) is 32.2 Å². The number of pyridine rings is 1. The number of carbonyl (C=O) groups excluding carboxylic acids is 1. The summed E-state index contributed by atoms with van der Waals surface area (Å²) in [5.74, 6) is -0.319. The van der Waals surface area contributed by atoms with Crippen molar-refractivity contribution in [3.05, 3.63) is 57.2 Å². The Bertz CT molecular complexity index is 871. The van der Waals surface area contributed by atoms with Gasteiger partial charge in [-0.2, -0.15) is 0 Å². The number of ether oxygens (including phenoxy) is 1. The molecule has 0 saturated carbocycles.